The molecule has 0 saturated carbocycles. The van der Waals surface area contributed by atoms with Crippen LogP contribution in [0.15, 0.2) is 34.3 Å². The van der Waals surface area contributed by atoms with Gasteiger partial charge in [0.1, 0.15) is 5.76 Å². The zero-order valence-corrected chi connectivity index (χ0v) is 11.4. The third-order valence-electron chi connectivity index (χ3n) is 2.27. The maximum atomic E-state index is 11.8. The van der Waals surface area contributed by atoms with Crippen LogP contribution in [0.3, 0.4) is 0 Å². The maximum absolute atomic E-state index is 11.8. The van der Waals surface area contributed by atoms with Crippen molar-refractivity contribution >= 4 is 10.0 Å². The van der Waals surface area contributed by atoms with E-state index in [1.54, 1.807) is 12.1 Å². The molecule has 0 aliphatic carbocycles. The molecular weight excluding hydrogens is 252 g/mol. The average molecular weight is 272 g/mol. The number of sulfonamides is 1. The molecule has 1 rings (SSSR count). The van der Waals surface area contributed by atoms with Crippen molar-refractivity contribution in [3.8, 4) is 0 Å². The molecule has 1 aromatic heterocycles. The Bertz CT molecular complexity index is 465. The summed E-state index contributed by atoms with van der Waals surface area (Å²) in [7, 11) is -3.53. The van der Waals surface area contributed by atoms with Gasteiger partial charge in [-0.15, -0.1) is 6.58 Å². The molecule has 0 bridgehead atoms. The Kier molecular flexibility index (Phi) is 6.11. The molecule has 0 radical (unpaired) electrons. The summed E-state index contributed by atoms with van der Waals surface area (Å²) in [5.74, 6) is 0.618. The molecule has 0 aromatic carbocycles. The van der Waals surface area contributed by atoms with Gasteiger partial charge in [-0.3, -0.25) is 0 Å². The van der Waals surface area contributed by atoms with Crippen molar-refractivity contribution in [3.63, 3.8) is 0 Å². The van der Waals surface area contributed by atoms with Crippen LogP contribution in [0.25, 0.3) is 0 Å². The highest BCUT2D eigenvalue weighted by atomic mass is 32.2. The lowest BCUT2D eigenvalue weighted by Gasteiger charge is -2.02. The predicted octanol–water partition coefficient (Wildman–Crippen LogP) is 1.63. The van der Waals surface area contributed by atoms with Crippen LogP contribution in [0, 0.1) is 0 Å². The van der Waals surface area contributed by atoms with E-state index in [2.05, 4.69) is 23.5 Å². The lowest BCUT2D eigenvalue weighted by atomic mass is 10.4. The van der Waals surface area contributed by atoms with Crippen LogP contribution in [-0.4, -0.2) is 21.5 Å². The van der Waals surface area contributed by atoms with Crippen molar-refractivity contribution < 1.29 is 12.8 Å². The summed E-state index contributed by atoms with van der Waals surface area (Å²) in [4.78, 5) is 0. The lowest BCUT2D eigenvalue weighted by Crippen LogP contribution is -2.24. The van der Waals surface area contributed by atoms with E-state index in [0.717, 1.165) is 13.0 Å². The normalized spacial score (nSPS) is 11.6. The minimum atomic E-state index is -3.53. The van der Waals surface area contributed by atoms with Gasteiger partial charge in [0.05, 0.1) is 6.54 Å². The Morgan fingerprint density at radius 3 is 2.83 bits per heavy atom. The molecule has 2 N–H and O–H groups in total. The standard InChI is InChI=1S/C12H20N2O3S/c1-3-5-9-14-18(15,16)12-7-6-11(17-12)10-13-8-4-2/h3,6-7,13-14H,1,4-5,8-10H2,2H3. The minimum absolute atomic E-state index is 0.0418. The Morgan fingerprint density at radius 2 is 2.17 bits per heavy atom. The predicted molar refractivity (Wildman–Crippen MR) is 70.7 cm³/mol. The van der Waals surface area contributed by atoms with E-state index in [9.17, 15) is 8.42 Å². The molecule has 18 heavy (non-hydrogen) atoms. The summed E-state index contributed by atoms with van der Waals surface area (Å²) >= 11 is 0. The Balaban J connectivity index is 2.57. The van der Waals surface area contributed by atoms with Crippen LogP contribution < -0.4 is 10.0 Å². The molecule has 0 unspecified atom stereocenters. The molecule has 0 spiro atoms. The van der Waals surface area contributed by atoms with E-state index in [1.165, 1.54) is 6.07 Å². The molecular formula is C12H20N2O3S. The Morgan fingerprint density at radius 1 is 1.39 bits per heavy atom. The van der Waals surface area contributed by atoms with E-state index in [0.29, 0.717) is 25.3 Å². The fourth-order valence-corrected chi connectivity index (χ4v) is 2.35. The van der Waals surface area contributed by atoms with Gasteiger partial charge < -0.3 is 9.73 Å². The van der Waals surface area contributed by atoms with Gasteiger partial charge in [0.25, 0.3) is 10.0 Å². The van der Waals surface area contributed by atoms with Gasteiger partial charge in [-0.1, -0.05) is 13.0 Å². The molecule has 102 valence electrons. The highest BCUT2D eigenvalue weighted by Gasteiger charge is 2.17. The van der Waals surface area contributed by atoms with Crippen LogP contribution in [0.5, 0.6) is 0 Å². The van der Waals surface area contributed by atoms with Gasteiger partial charge in [-0.25, -0.2) is 13.1 Å². The Hall–Kier alpha value is -1.11. The third-order valence-corrected chi connectivity index (χ3v) is 3.60. The fourth-order valence-electron chi connectivity index (χ4n) is 1.35. The number of nitrogens with one attached hydrogen (secondary N) is 2. The van der Waals surface area contributed by atoms with Crippen LogP contribution in [0.2, 0.25) is 0 Å². The second-order valence-electron chi connectivity index (χ2n) is 3.87. The molecule has 0 fully saturated rings. The molecule has 1 aromatic rings. The van der Waals surface area contributed by atoms with Crippen molar-refractivity contribution in [2.45, 2.75) is 31.4 Å². The van der Waals surface area contributed by atoms with E-state index in [-0.39, 0.29) is 5.09 Å². The van der Waals surface area contributed by atoms with Crippen LogP contribution in [0.4, 0.5) is 0 Å². The highest BCUT2D eigenvalue weighted by molar-refractivity contribution is 7.89. The van der Waals surface area contributed by atoms with E-state index >= 15 is 0 Å². The number of hydrogen-bond donors (Lipinski definition) is 2. The topological polar surface area (TPSA) is 71.3 Å². The average Bonchev–Trinajstić information content (AvgIpc) is 2.79. The lowest BCUT2D eigenvalue weighted by molar-refractivity contribution is 0.400. The summed E-state index contributed by atoms with van der Waals surface area (Å²) in [6, 6.07) is 3.14. The SMILES string of the molecule is C=CCCNS(=O)(=O)c1ccc(CNCCC)o1. The summed E-state index contributed by atoms with van der Waals surface area (Å²) in [6.45, 7) is 7.34. The molecule has 0 saturated heterocycles. The molecule has 5 nitrogen and oxygen atoms in total. The first-order valence-electron chi connectivity index (χ1n) is 6.00. The van der Waals surface area contributed by atoms with Gasteiger partial charge in [-0.2, -0.15) is 0 Å². The zero-order valence-electron chi connectivity index (χ0n) is 10.6. The zero-order chi connectivity index (χ0) is 13.4. The first-order chi connectivity index (χ1) is 8.60. The van der Waals surface area contributed by atoms with E-state index < -0.39 is 10.0 Å². The van der Waals surface area contributed by atoms with Crippen molar-refractivity contribution in [3.05, 3.63) is 30.5 Å². The van der Waals surface area contributed by atoms with Crippen LogP contribution in [0.1, 0.15) is 25.5 Å². The van der Waals surface area contributed by atoms with Crippen molar-refractivity contribution in [2.24, 2.45) is 0 Å². The number of rotatable bonds is 9. The molecule has 1 heterocycles. The van der Waals surface area contributed by atoms with Gasteiger partial charge in [-0.05, 0) is 31.5 Å². The van der Waals surface area contributed by atoms with Crippen LogP contribution >= 0.6 is 0 Å². The first-order valence-corrected chi connectivity index (χ1v) is 7.48. The van der Waals surface area contributed by atoms with Crippen molar-refractivity contribution in [2.75, 3.05) is 13.1 Å². The van der Waals surface area contributed by atoms with Crippen molar-refractivity contribution in [1.29, 1.82) is 0 Å². The second kappa shape index (κ2) is 7.35. The molecule has 0 amide bonds. The van der Waals surface area contributed by atoms with Gasteiger partial charge >= 0.3 is 0 Å². The van der Waals surface area contributed by atoms with E-state index in [4.69, 9.17) is 4.42 Å². The monoisotopic (exact) mass is 272 g/mol. The summed E-state index contributed by atoms with van der Waals surface area (Å²) in [5, 5.41) is 3.10. The fraction of sp³-hybridized carbons (Fsp3) is 0.500. The molecule has 0 atom stereocenters. The number of hydrogen-bond acceptors (Lipinski definition) is 4. The summed E-state index contributed by atoms with van der Waals surface area (Å²) in [6.07, 6.45) is 3.27. The van der Waals surface area contributed by atoms with Gasteiger partial charge in [0.2, 0.25) is 5.09 Å². The maximum Gasteiger partial charge on any atom is 0.273 e. The largest absolute Gasteiger partial charge is 0.447 e. The summed E-state index contributed by atoms with van der Waals surface area (Å²) in [5.41, 5.74) is 0. The molecule has 0 aliphatic heterocycles. The molecule has 6 heteroatoms. The minimum Gasteiger partial charge on any atom is -0.447 e. The number of furan rings is 1. The third kappa shape index (κ3) is 4.64. The second-order valence-corrected chi connectivity index (χ2v) is 5.57. The quantitative estimate of drug-likeness (QED) is 0.529. The van der Waals surface area contributed by atoms with Gasteiger partial charge in [0, 0.05) is 6.54 Å². The highest BCUT2D eigenvalue weighted by Crippen LogP contribution is 2.13. The van der Waals surface area contributed by atoms with Gasteiger partial charge in [0.15, 0.2) is 0 Å². The smallest absolute Gasteiger partial charge is 0.273 e. The molecule has 0 aliphatic rings. The summed E-state index contributed by atoms with van der Waals surface area (Å²) < 4.78 is 31.3. The first kappa shape index (κ1) is 14.9. The van der Waals surface area contributed by atoms with Crippen molar-refractivity contribution in [1.82, 2.24) is 10.0 Å². The van der Waals surface area contributed by atoms with E-state index in [1.807, 2.05) is 0 Å². The Labute approximate surface area is 108 Å². The van der Waals surface area contributed by atoms with Crippen LogP contribution in [-0.2, 0) is 16.6 Å².